The molecule has 0 fully saturated rings. The Bertz CT molecular complexity index is 2150. The van der Waals surface area contributed by atoms with E-state index in [-0.39, 0.29) is 29.3 Å². The molecule has 4 aromatic rings. The van der Waals surface area contributed by atoms with E-state index in [1.54, 1.807) is 76.2 Å². The lowest BCUT2D eigenvalue weighted by molar-refractivity contribution is -0.142. The lowest BCUT2D eigenvalue weighted by Crippen LogP contribution is -2.43. The van der Waals surface area contributed by atoms with E-state index < -0.39 is 51.8 Å². The monoisotopic (exact) mass is 731 g/mol. The largest absolute Gasteiger partial charge is 0.467 e. The van der Waals surface area contributed by atoms with Crippen LogP contribution >= 0.6 is 11.9 Å². The molecule has 272 valence electrons. The second-order valence-corrected chi connectivity index (χ2v) is 13.5. The quantitative estimate of drug-likeness (QED) is 0.117. The van der Waals surface area contributed by atoms with Crippen molar-refractivity contribution in [1.82, 2.24) is 14.5 Å². The zero-order valence-electron chi connectivity index (χ0n) is 29.5. The summed E-state index contributed by atoms with van der Waals surface area (Å²) in [4.78, 5) is 65.0. The molecule has 0 saturated heterocycles. The summed E-state index contributed by atoms with van der Waals surface area (Å²) in [5.41, 5.74) is -0.573. The fraction of sp³-hybridized carbons (Fsp3) is 0.237. The Morgan fingerprint density at radius 3 is 2.23 bits per heavy atom. The third-order valence-electron chi connectivity index (χ3n) is 7.87. The highest BCUT2D eigenvalue weighted by Gasteiger charge is 2.26. The minimum absolute atomic E-state index is 0.107. The van der Waals surface area contributed by atoms with Crippen LogP contribution in [0.25, 0.3) is 17.8 Å². The zero-order valence-corrected chi connectivity index (χ0v) is 30.3. The van der Waals surface area contributed by atoms with Gasteiger partial charge in [-0.15, -0.1) is 0 Å². The number of carbonyl (C=O) groups excluding carboxylic acids is 3. The molecule has 1 heterocycles. The van der Waals surface area contributed by atoms with Crippen LogP contribution in [0.3, 0.4) is 0 Å². The van der Waals surface area contributed by atoms with Crippen molar-refractivity contribution in [3.8, 4) is 5.69 Å². The van der Waals surface area contributed by atoms with Gasteiger partial charge in [-0.05, 0) is 73.0 Å². The van der Waals surface area contributed by atoms with E-state index in [1.807, 2.05) is 0 Å². The number of allylic oxidation sites excluding steroid dienone is 1. The fourth-order valence-corrected chi connectivity index (χ4v) is 5.63. The Kier molecular flexibility index (Phi) is 12.4. The number of methoxy groups -OCH3 is 1. The highest BCUT2D eigenvalue weighted by Crippen LogP contribution is 2.27. The molecule has 52 heavy (non-hydrogen) atoms. The van der Waals surface area contributed by atoms with Gasteiger partial charge in [0.2, 0.25) is 5.91 Å². The zero-order chi connectivity index (χ0) is 38.3. The first-order chi connectivity index (χ1) is 24.6. The van der Waals surface area contributed by atoms with Crippen LogP contribution in [0.5, 0.6) is 0 Å². The van der Waals surface area contributed by atoms with Crippen molar-refractivity contribution in [2.24, 2.45) is 12.5 Å². The van der Waals surface area contributed by atoms with Gasteiger partial charge in [0.05, 0.1) is 35.3 Å². The Morgan fingerprint density at radius 1 is 1.00 bits per heavy atom. The van der Waals surface area contributed by atoms with E-state index in [1.165, 1.54) is 29.8 Å². The minimum atomic E-state index is -1.29. The number of anilines is 2. The molecule has 3 N–H and O–H groups in total. The van der Waals surface area contributed by atoms with E-state index >= 15 is 8.78 Å². The molecule has 4 rings (SSSR count). The average Bonchev–Trinajstić information content (AvgIpc) is 3.11. The fourth-order valence-electron chi connectivity index (χ4n) is 4.97. The maximum atomic E-state index is 15.2. The van der Waals surface area contributed by atoms with Crippen LogP contribution in [-0.2, 0) is 27.8 Å². The van der Waals surface area contributed by atoms with Crippen LogP contribution in [-0.4, -0.2) is 40.1 Å². The first kappa shape index (κ1) is 39.0. The number of halogens is 2. The highest BCUT2D eigenvalue weighted by atomic mass is 32.2. The molecule has 2 amide bonds. The minimum Gasteiger partial charge on any atom is -0.467 e. The predicted octanol–water partition coefficient (Wildman–Crippen LogP) is 6.11. The number of nitrogens with one attached hydrogen (secondary N) is 3. The third-order valence-corrected chi connectivity index (χ3v) is 8.70. The van der Waals surface area contributed by atoms with Gasteiger partial charge in [-0.2, -0.15) is 0 Å². The lowest BCUT2D eigenvalue weighted by Gasteiger charge is -2.18. The number of ether oxygens (including phenoxy) is 1. The van der Waals surface area contributed by atoms with E-state index in [0.29, 0.717) is 21.8 Å². The molecule has 0 aliphatic carbocycles. The normalized spacial score (nSPS) is 11.9. The number of aromatic nitrogens is 2. The van der Waals surface area contributed by atoms with Crippen LogP contribution in [0, 0.1) is 17.0 Å². The van der Waals surface area contributed by atoms with E-state index in [9.17, 15) is 24.0 Å². The Morgan fingerprint density at radius 2 is 1.65 bits per heavy atom. The molecule has 0 saturated carbocycles. The van der Waals surface area contributed by atoms with Crippen LogP contribution < -0.4 is 26.6 Å². The molecule has 0 aliphatic rings. The van der Waals surface area contributed by atoms with Gasteiger partial charge in [0, 0.05) is 35.5 Å². The van der Waals surface area contributed by atoms with Crippen LogP contribution in [0.1, 0.15) is 54.9 Å². The second kappa shape index (κ2) is 16.5. The number of hydrogen-bond acceptors (Lipinski definition) is 8. The smallest absolute Gasteiger partial charge is 0.335 e. The second-order valence-electron chi connectivity index (χ2n) is 12.6. The molecule has 1 atom stereocenters. The Hall–Kier alpha value is -5.76. The van der Waals surface area contributed by atoms with Crippen LogP contribution in [0.4, 0.5) is 20.2 Å². The summed E-state index contributed by atoms with van der Waals surface area (Å²) in [5.74, 6) is -4.00. The van der Waals surface area contributed by atoms with Crippen molar-refractivity contribution in [3.63, 3.8) is 0 Å². The summed E-state index contributed by atoms with van der Waals surface area (Å²) in [6.45, 7) is 10.8. The number of amides is 2. The number of rotatable bonds is 12. The van der Waals surface area contributed by atoms with Crippen LogP contribution in [0.2, 0.25) is 0 Å². The summed E-state index contributed by atoms with van der Waals surface area (Å²) >= 11 is 0.993. The topological polar surface area (TPSA) is 141 Å². The van der Waals surface area contributed by atoms with Gasteiger partial charge in [-0.25, -0.2) is 22.9 Å². The first-order valence-electron chi connectivity index (χ1n) is 16.0. The molecule has 0 unspecified atom stereocenters. The Labute approximate surface area is 303 Å². The molecule has 0 aliphatic heterocycles. The van der Waals surface area contributed by atoms with Crippen molar-refractivity contribution >= 4 is 53.3 Å². The van der Waals surface area contributed by atoms with E-state index in [2.05, 4.69) is 21.9 Å². The van der Waals surface area contributed by atoms with Gasteiger partial charge in [-0.1, -0.05) is 51.6 Å². The standard InChI is InChI=1S/C38H39F2N5O6S/c1-8-10-26-32(9-2)44(6)37(50)45(34(26)47)24-15-11-22(12-16-24)19-31(35(48)51-7)42-33(46)27-20-29(40)30(21-28(27)39)43-52-25-17-13-23(14-18-25)41-36(49)38(3,4)5/h8-18,20-21,31,43H,2,19H2,1,3-7H3,(H,41,49)(H,42,46)/b10-8-/t31-/m0/s1. The summed E-state index contributed by atoms with van der Waals surface area (Å²) in [6.07, 6.45) is 4.58. The molecule has 1 aromatic heterocycles. The van der Waals surface area contributed by atoms with Gasteiger partial charge in [0.1, 0.15) is 17.7 Å². The van der Waals surface area contributed by atoms with Crippen LogP contribution in [0.15, 0.2) is 87.8 Å². The number of esters is 1. The van der Waals surface area contributed by atoms with E-state index in [0.717, 1.165) is 35.8 Å². The first-order valence-corrected chi connectivity index (χ1v) is 16.8. The van der Waals surface area contributed by atoms with Crippen molar-refractivity contribution < 1.29 is 27.9 Å². The summed E-state index contributed by atoms with van der Waals surface area (Å²) in [7, 11) is 2.64. The maximum absolute atomic E-state index is 15.2. The van der Waals surface area contributed by atoms with Gasteiger partial charge in [0.15, 0.2) is 0 Å². The molecule has 0 spiro atoms. The molecule has 14 heteroatoms. The predicted molar refractivity (Wildman–Crippen MR) is 199 cm³/mol. The number of benzene rings is 3. The highest BCUT2D eigenvalue weighted by molar-refractivity contribution is 8.00. The maximum Gasteiger partial charge on any atom is 0.335 e. The summed E-state index contributed by atoms with van der Waals surface area (Å²) < 4.78 is 40.1. The van der Waals surface area contributed by atoms with Gasteiger partial charge >= 0.3 is 11.7 Å². The van der Waals surface area contributed by atoms with E-state index in [4.69, 9.17) is 4.74 Å². The molecule has 3 aromatic carbocycles. The number of carbonyl (C=O) groups is 3. The molecular formula is C38H39F2N5O6S. The SMILES string of the molecule is C=Cc1c(/C=C\C)c(=O)n(-c2ccc(C[C@H](NC(=O)c3cc(F)c(NSc4ccc(NC(=O)C(C)(C)C)cc4)cc3F)C(=O)OC)cc2)c(=O)n1C. The lowest BCUT2D eigenvalue weighted by atomic mass is 9.95. The molecule has 0 bridgehead atoms. The average molecular weight is 732 g/mol. The number of nitrogens with zero attached hydrogens (tertiary/aromatic N) is 2. The van der Waals surface area contributed by atoms with Crippen molar-refractivity contribution in [2.45, 2.75) is 45.1 Å². The van der Waals surface area contributed by atoms with Crippen molar-refractivity contribution in [2.75, 3.05) is 17.1 Å². The molecule has 11 nitrogen and oxygen atoms in total. The third kappa shape index (κ3) is 8.93. The van der Waals surface area contributed by atoms with Gasteiger partial charge < -0.3 is 20.1 Å². The van der Waals surface area contributed by atoms with Crippen molar-refractivity contribution in [3.05, 3.63) is 128 Å². The van der Waals surface area contributed by atoms with Crippen molar-refractivity contribution in [1.29, 1.82) is 0 Å². The summed E-state index contributed by atoms with van der Waals surface area (Å²) in [6, 6.07) is 13.1. The number of hydrogen-bond donors (Lipinski definition) is 3. The Balaban J connectivity index is 1.48. The van der Waals surface area contributed by atoms with Gasteiger partial charge in [-0.3, -0.25) is 19.0 Å². The van der Waals surface area contributed by atoms with Gasteiger partial charge in [0.25, 0.3) is 11.5 Å². The summed E-state index contributed by atoms with van der Waals surface area (Å²) in [5, 5.41) is 5.21. The molecular weight excluding hydrogens is 693 g/mol. The molecule has 0 radical (unpaired) electrons.